The molecule has 0 radical (unpaired) electrons. The number of anilines is 1. The summed E-state index contributed by atoms with van der Waals surface area (Å²) in [4.78, 5) is 7.67. The van der Waals surface area contributed by atoms with Crippen molar-refractivity contribution < 1.29 is 4.21 Å². The standard InChI is InChI=1S/C7H10ClN3OS/c1-13(12)3-2-9-7-4-6(8)10-5-11-7/h4-5H,2-3H2,1H3,(H,9,10,11). The summed E-state index contributed by atoms with van der Waals surface area (Å²) in [6, 6.07) is 1.63. The maximum atomic E-state index is 10.7. The van der Waals surface area contributed by atoms with E-state index in [9.17, 15) is 4.21 Å². The first-order valence-corrected chi connectivity index (χ1v) is 5.80. The summed E-state index contributed by atoms with van der Waals surface area (Å²) in [5.74, 6) is 1.26. The highest BCUT2D eigenvalue weighted by Crippen LogP contribution is 2.07. The molecular weight excluding hydrogens is 210 g/mol. The lowest BCUT2D eigenvalue weighted by atomic mass is 10.5. The maximum absolute atomic E-state index is 10.7. The van der Waals surface area contributed by atoms with Crippen LogP contribution in [0.1, 0.15) is 0 Å². The molecule has 0 saturated carbocycles. The zero-order chi connectivity index (χ0) is 9.68. The second-order valence-electron chi connectivity index (χ2n) is 2.43. The molecule has 1 rings (SSSR count). The summed E-state index contributed by atoms with van der Waals surface area (Å²) in [5, 5.41) is 3.39. The molecule has 4 nitrogen and oxygen atoms in total. The minimum atomic E-state index is -0.783. The number of aromatic nitrogens is 2. The zero-order valence-electron chi connectivity index (χ0n) is 7.16. The lowest BCUT2D eigenvalue weighted by molar-refractivity contribution is 0.687. The van der Waals surface area contributed by atoms with Crippen molar-refractivity contribution in [1.29, 1.82) is 0 Å². The Bertz CT molecular complexity index is 308. The van der Waals surface area contributed by atoms with Crippen molar-refractivity contribution in [2.75, 3.05) is 23.9 Å². The predicted octanol–water partition coefficient (Wildman–Crippen LogP) is 0.920. The monoisotopic (exact) mass is 219 g/mol. The van der Waals surface area contributed by atoms with Crippen molar-refractivity contribution in [1.82, 2.24) is 9.97 Å². The minimum Gasteiger partial charge on any atom is -0.369 e. The van der Waals surface area contributed by atoms with Crippen LogP contribution < -0.4 is 5.32 Å². The van der Waals surface area contributed by atoms with E-state index in [4.69, 9.17) is 11.6 Å². The fourth-order valence-electron chi connectivity index (χ4n) is 0.753. The summed E-state index contributed by atoms with van der Waals surface area (Å²) >= 11 is 5.64. The van der Waals surface area contributed by atoms with Crippen molar-refractivity contribution in [2.45, 2.75) is 0 Å². The van der Waals surface area contributed by atoms with E-state index in [1.54, 1.807) is 12.3 Å². The average molecular weight is 220 g/mol. The normalized spacial score (nSPS) is 12.5. The van der Waals surface area contributed by atoms with E-state index in [-0.39, 0.29) is 0 Å². The van der Waals surface area contributed by atoms with E-state index >= 15 is 0 Å². The molecule has 0 bridgehead atoms. The SMILES string of the molecule is CS(=O)CCNc1cc(Cl)ncn1. The van der Waals surface area contributed by atoms with Gasteiger partial charge in [-0.05, 0) is 0 Å². The third kappa shape index (κ3) is 4.19. The first-order valence-electron chi connectivity index (χ1n) is 3.70. The fraction of sp³-hybridized carbons (Fsp3) is 0.429. The molecular formula is C7H10ClN3OS. The van der Waals surface area contributed by atoms with Crippen LogP contribution in [0.15, 0.2) is 12.4 Å². The van der Waals surface area contributed by atoms with E-state index in [2.05, 4.69) is 15.3 Å². The molecule has 72 valence electrons. The second kappa shape index (κ2) is 5.14. The van der Waals surface area contributed by atoms with Gasteiger partial charge in [-0.15, -0.1) is 0 Å². The van der Waals surface area contributed by atoms with Crippen LogP contribution in [0.5, 0.6) is 0 Å². The molecule has 0 amide bonds. The van der Waals surface area contributed by atoms with E-state index in [1.165, 1.54) is 6.33 Å². The number of nitrogens with zero attached hydrogens (tertiary/aromatic N) is 2. The summed E-state index contributed by atoms with van der Waals surface area (Å²) < 4.78 is 10.7. The van der Waals surface area contributed by atoms with Crippen LogP contribution in [0, 0.1) is 0 Å². The molecule has 0 saturated heterocycles. The van der Waals surface area contributed by atoms with Crippen LogP contribution in [-0.2, 0) is 10.8 Å². The Kier molecular flexibility index (Phi) is 4.11. The molecule has 1 unspecified atom stereocenters. The fourth-order valence-corrected chi connectivity index (χ4v) is 1.29. The van der Waals surface area contributed by atoms with Gasteiger partial charge in [-0.2, -0.15) is 0 Å². The maximum Gasteiger partial charge on any atom is 0.134 e. The number of hydrogen-bond acceptors (Lipinski definition) is 4. The molecule has 0 spiro atoms. The highest BCUT2D eigenvalue weighted by atomic mass is 35.5. The third-order valence-corrected chi connectivity index (χ3v) is 2.32. The lowest BCUT2D eigenvalue weighted by Gasteiger charge is -2.02. The van der Waals surface area contributed by atoms with Gasteiger partial charge >= 0.3 is 0 Å². The van der Waals surface area contributed by atoms with Gasteiger partial charge in [0.05, 0.1) is 0 Å². The molecule has 1 aromatic heterocycles. The molecule has 1 heterocycles. The number of nitrogens with one attached hydrogen (secondary N) is 1. The Labute approximate surface area is 84.2 Å². The van der Waals surface area contributed by atoms with E-state index in [0.29, 0.717) is 23.3 Å². The zero-order valence-corrected chi connectivity index (χ0v) is 8.73. The van der Waals surface area contributed by atoms with Gasteiger partial charge in [0.25, 0.3) is 0 Å². The summed E-state index contributed by atoms with van der Waals surface area (Å²) in [7, 11) is -0.783. The largest absolute Gasteiger partial charge is 0.369 e. The Morgan fingerprint density at radius 2 is 2.38 bits per heavy atom. The Morgan fingerprint density at radius 1 is 1.62 bits per heavy atom. The topological polar surface area (TPSA) is 54.9 Å². The van der Waals surface area contributed by atoms with Gasteiger partial charge < -0.3 is 5.32 Å². The lowest BCUT2D eigenvalue weighted by Crippen LogP contribution is -2.10. The quantitative estimate of drug-likeness (QED) is 0.766. The summed E-state index contributed by atoms with van der Waals surface area (Å²) in [6.07, 6.45) is 3.04. The van der Waals surface area contributed by atoms with E-state index in [0.717, 1.165) is 0 Å². The Morgan fingerprint density at radius 3 is 3.00 bits per heavy atom. The van der Waals surface area contributed by atoms with Crippen LogP contribution in [0.2, 0.25) is 5.15 Å². The van der Waals surface area contributed by atoms with Gasteiger partial charge in [0.15, 0.2) is 0 Å². The van der Waals surface area contributed by atoms with Crippen molar-refractivity contribution in [3.8, 4) is 0 Å². The molecule has 0 aliphatic carbocycles. The van der Waals surface area contributed by atoms with Gasteiger partial charge in [-0.25, -0.2) is 9.97 Å². The molecule has 1 aromatic rings. The molecule has 0 aliphatic rings. The molecule has 0 aromatic carbocycles. The van der Waals surface area contributed by atoms with Crippen LogP contribution in [-0.4, -0.2) is 32.7 Å². The first-order chi connectivity index (χ1) is 6.18. The van der Waals surface area contributed by atoms with Gasteiger partial charge in [-0.1, -0.05) is 11.6 Å². The molecule has 0 aliphatic heterocycles. The van der Waals surface area contributed by atoms with Crippen molar-refractivity contribution in [3.63, 3.8) is 0 Å². The van der Waals surface area contributed by atoms with Crippen LogP contribution >= 0.6 is 11.6 Å². The van der Waals surface area contributed by atoms with E-state index in [1.807, 2.05) is 0 Å². The minimum absolute atomic E-state index is 0.398. The first kappa shape index (κ1) is 10.4. The Balaban J connectivity index is 2.41. The van der Waals surface area contributed by atoms with Gasteiger partial charge in [-0.3, -0.25) is 4.21 Å². The molecule has 1 atom stereocenters. The van der Waals surface area contributed by atoms with Crippen LogP contribution in [0.3, 0.4) is 0 Å². The molecule has 1 N–H and O–H groups in total. The smallest absolute Gasteiger partial charge is 0.134 e. The second-order valence-corrected chi connectivity index (χ2v) is 4.37. The third-order valence-electron chi connectivity index (χ3n) is 1.33. The van der Waals surface area contributed by atoms with Gasteiger partial charge in [0, 0.05) is 35.4 Å². The van der Waals surface area contributed by atoms with E-state index < -0.39 is 10.8 Å². The van der Waals surface area contributed by atoms with Gasteiger partial charge in [0.2, 0.25) is 0 Å². The predicted molar refractivity (Wildman–Crippen MR) is 54.5 cm³/mol. The summed E-state index contributed by atoms with van der Waals surface area (Å²) in [6.45, 7) is 0.621. The Hall–Kier alpha value is -0.680. The molecule has 13 heavy (non-hydrogen) atoms. The van der Waals surface area contributed by atoms with Crippen molar-refractivity contribution >= 4 is 28.2 Å². The number of rotatable bonds is 4. The average Bonchev–Trinajstić information content (AvgIpc) is 2.03. The highest BCUT2D eigenvalue weighted by Gasteiger charge is 1.95. The van der Waals surface area contributed by atoms with Crippen LogP contribution in [0.25, 0.3) is 0 Å². The highest BCUT2D eigenvalue weighted by molar-refractivity contribution is 7.84. The summed E-state index contributed by atoms with van der Waals surface area (Å²) in [5.41, 5.74) is 0. The number of hydrogen-bond donors (Lipinski definition) is 1. The number of halogens is 1. The van der Waals surface area contributed by atoms with Gasteiger partial charge in [0.1, 0.15) is 17.3 Å². The van der Waals surface area contributed by atoms with Crippen LogP contribution in [0.4, 0.5) is 5.82 Å². The van der Waals surface area contributed by atoms with Crippen molar-refractivity contribution in [2.24, 2.45) is 0 Å². The van der Waals surface area contributed by atoms with Crippen molar-refractivity contribution in [3.05, 3.63) is 17.5 Å². The molecule has 6 heteroatoms. The molecule has 0 fully saturated rings.